The van der Waals surface area contributed by atoms with Crippen molar-refractivity contribution in [3.05, 3.63) is 35.9 Å². The zero-order chi connectivity index (χ0) is 20.8. The summed E-state index contributed by atoms with van der Waals surface area (Å²) in [7, 11) is 6.36. The first kappa shape index (κ1) is 21.8. The molecule has 29 heavy (non-hydrogen) atoms. The Morgan fingerprint density at radius 2 is 1.69 bits per heavy atom. The lowest BCUT2D eigenvalue weighted by Crippen LogP contribution is -2.46. The number of nitrogens with zero attached hydrogens (tertiary/aromatic N) is 3. The van der Waals surface area contributed by atoms with Crippen molar-refractivity contribution in [2.45, 2.75) is 38.3 Å². The molecule has 6 nitrogen and oxygen atoms in total. The molecule has 160 valence electrons. The molecule has 1 aromatic rings. The predicted octanol–water partition coefficient (Wildman–Crippen LogP) is 1.81. The summed E-state index contributed by atoms with van der Waals surface area (Å²) in [5, 5.41) is 3.05. The van der Waals surface area contributed by atoms with E-state index < -0.39 is 0 Å². The van der Waals surface area contributed by atoms with Gasteiger partial charge in [-0.05, 0) is 52.4 Å². The highest BCUT2D eigenvalue weighted by Crippen LogP contribution is 2.24. The van der Waals surface area contributed by atoms with Gasteiger partial charge in [-0.15, -0.1) is 0 Å². The minimum atomic E-state index is 0.0118. The van der Waals surface area contributed by atoms with Crippen molar-refractivity contribution in [1.29, 1.82) is 0 Å². The molecule has 2 aliphatic rings. The molecule has 6 heteroatoms. The van der Waals surface area contributed by atoms with Gasteiger partial charge in [-0.2, -0.15) is 0 Å². The van der Waals surface area contributed by atoms with Crippen LogP contribution in [0.2, 0.25) is 0 Å². The molecular formula is C23H36N4O2. The van der Waals surface area contributed by atoms with Gasteiger partial charge in [-0.1, -0.05) is 30.3 Å². The lowest BCUT2D eigenvalue weighted by molar-refractivity contribution is -0.139. The highest BCUT2D eigenvalue weighted by molar-refractivity contribution is 5.81. The van der Waals surface area contributed by atoms with Crippen LogP contribution in [-0.4, -0.2) is 79.9 Å². The lowest BCUT2D eigenvalue weighted by atomic mass is 9.93. The monoisotopic (exact) mass is 400 g/mol. The Morgan fingerprint density at radius 1 is 1.00 bits per heavy atom. The molecule has 3 rings (SSSR count). The number of carbonyl (C=O) groups excluding carboxylic acids is 2. The number of hydrogen-bond acceptors (Lipinski definition) is 4. The number of likely N-dealkylation sites (N-methyl/N-ethyl adjacent to an activating group) is 2. The smallest absolute Gasteiger partial charge is 0.226 e. The van der Waals surface area contributed by atoms with E-state index in [9.17, 15) is 9.59 Å². The highest BCUT2D eigenvalue weighted by Gasteiger charge is 2.33. The van der Waals surface area contributed by atoms with Gasteiger partial charge < -0.3 is 20.0 Å². The summed E-state index contributed by atoms with van der Waals surface area (Å²) in [4.78, 5) is 32.2. The van der Waals surface area contributed by atoms with E-state index in [1.165, 1.54) is 0 Å². The summed E-state index contributed by atoms with van der Waals surface area (Å²) < 4.78 is 0. The van der Waals surface area contributed by atoms with Crippen LogP contribution in [0.4, 0.5) is 0 Å². The van der Waals surface area contributed by atoms with Crippen LogP contribution in [-0.2, 0) is 16.1 Å². The van der Waals surface area contributed by atoms with Crippen LogP contribution in [0.25, 0.3) is 0 Å². The molecule has 0 bridgehead atoms. The van der Waals surface area contributed by atoms with Crippen molar-refractivity contribution in [2.75, 3.05) is 47.3 Å². The third-order valence-electron chi connectivity index (χ3n) is 6.47. The fourth-order valence-electron chi connectivity index (χ4n) is 4.56. The predicted molar refractivity (Wildman–Crippen MR) is 115 cm³/mol. The van der Waals surface area contributed by atoms with Gasteiger partial charge in [0.15, 0.2) is 0 Å². The Labute approximate surface area is 175 Å². The number of likely N-dealkylation sites (tertiary alicyclic amines) is 2. The van der Waals surface area contributed by atoms with Gasteiger partial charge in [0, 0.05) is 44.7 Å². The Bertz CT molecular complexity index is 671. The molecule has 2 atom stereocenters. The van der Waals surface area contributed by atoms with Crippen LogP contribution >= 0.6 is 0 Å². The van der Waals surface area contributed by atoms with Gasteiger partial charge in [-0.25, -0.2) is 0 Å². The van der Waals surface area contributed by atoms with E-state index in [0.29, 0.717) is 25.7 Å². The van der Waals surface area contributed by atoms with E-state index in [-0.39, 0.29) is 23.7 Å². The van der Waals surface area contributed by atoms with Gasteiger partial charge in [0.05, 0.1) is 5.92 Å². The quantitative estimate of drug-likeness (QED) is 0.819. The minimum absolute atomic E-state index is 0.0118. The topological polar surface area (TPSA) is 55.9 Å². The van der Waals surface area contributed by atoms with Crippen LogP contribution < -0.4 is 5.32 Å². The lowest BCUT2D eigenvalue weighted by Gasteiger charge is -2.34. The molecule has 0 spiro atoms. The average Bonchev–Trinajstić information content (AvgIpc) is 2.94. The number of rotatable bonds is 5. The number of carbonyl (C=O) groups is 2. The molecule has 0 unspecified atom stereocenters. The maximum Gasteiger partial charge on any atom is 0.226 e. The molecule has 0 saturated carbocycles. The number of piperidine rings is 1. The van der Waals surface area contributed by atoms with E-state index in [4.69, 9.17) is 0 Å². The summed E-state index contributed by atoms with van der Waals surface area (Å²) in [5.74, 6) is 0.481. The zero-order valence-corrected chi connectivity index (χ0v) is 18.1. The fourth-order valence-corrected chi connectivity index (χ4v) is 4.56. The first-order valence-electron chi connectivity index (χ1n) is 10.9. The average molecular weight is 401 g/mol. The summed E-state index contributed by atoms with van der Waals surface area (Å²) >= 11 is 0. The van der Waals surface area contributed by atoms with Crippen molar-refractivity contribution in [3.8, 4) is 0 Å². The van der Waals surface area contributed by atoms with E-state index >= 15 is 0 Å². The van der Waals surface area contributed by atoms with Gasteiger partial charge in [0.25, 0.3) is 0 Å². The number of hydrogen-bond donors (Lipinski definition) is 1. The Balaban J connectivity index is 1.46. The maximum absolute atomic E-state index is 13.1. The van der Waals surface area contributed by atoms with E-state index in [2.05, 4.69) is 36.3 Å². The Morgan fingerprint density at radius 3 is 2.34 bits per heavy atom. The molecule has 1 N–H and O–H groups in total. The second kappa shape index (κ2) is 10.2. The molecular weight excluding hydrogens is 364 g/mol. The van der Waals surface area contributed by atoms with Crippen LogP contribution in [0.1, 0.15) is 31.2 Å². The van der Waals surface area contributed by atoms with E-state index in [0.717, 1.165) is 44.3 Å². The van der Waals surface area contributed by atoms with Gasteiger partial charge in [0.2, 0.25) is 11.8 Å². The molecule has 2 heterocycles. The zero-order valence-electron chi connectivity index (χ0n) is 18.1. The summed E-state index contributed by atoms with van der Waals surface area (Å²) in [5.41, 5.74) is 1.11. The molecule has 0 aliphatic carbocycles. The van der Waals surface area contributed by atoms with Crippen molar-refractivity contribution in [1.82, 2.24) is 20.0 Å². The first-order valence-corrected chi connectivity index (χ1v) is 10.9. The fraction of sp³-hybridized carbons (Fsp3) is 0.652. The van der Waals surface area contributed by atoms with Crippen molar-refractivity contribution in [3.63, 3.8) is 0 Å². The van der Waals surface area contributed by atoms with Gasteiger partial charge >= 0.3 is 0 Å². The third kappa shape index (κ3) is 6.03. The van der Waals surface area contributed by atoms with Gasteiger partial charge in [-0.3, -0.25) is 9.59 Å². The molecule has 2 saturated heterocycles. The molecule has 2 aliphatic heterocycles. The van der Waals surface area contributed by atoms with Crippen molar-refractivity contribution >= 4 is 11.8 Å². The van der Waals surface area contributed by atoms with Crippen LogP contribution in [0.5, 0.6) is 0 Å². The summed E-state index contributed by atoms with van der Waals surface area (Å²) in [6.07, 6.45) is 3.53. The summed E-state index contributed by atoms with van der Waals surface area (Å²) in [6, 6.07) is 10.5. The van der Waals surface area contributed by atoms with E-state index in [1.807, 2.05) is 35.2 Å². The standard InChI is InChI=1S/C23H36N4O2/c1-25(2)21-10-9-20(16-26(3)17-21)23(29)27-13-11-19(12-14-27)22(28)24-15-18-7-5-4-6-8-18/h4-8,19-21H,9-17H2,1-3H3,(H,24,28)/t20-,21+/m1/s1. The SMILES string of the molecule is CN1C[C@H](C(=O)N2CCC(C(=O)NCc3ccccc3)CC2)CC[C@H](N(C)C)C1. The third-order valence-corrected chi connectivity index (χ3v) is 6.47. The highest BCUT2D eigenvalue weighted by atomic mass is 16.2. The van der Waals surface area contributed by atoms with Crippen LogP contribution in [0, 0.1) is 11.8 Å². The van der Waals surface area contributed by atoms with E-state index in [1.54, 1.807) is 0 Å². The second-order valence-electron chi connectivity index (χ2n) is 8.92. The molecule has 0 radical (unpaired) electrons. The summed E-state index contributed by atoms with van der Waals surface area (Å²) in [6.45, 7) is 3.81. The normalized spacial score (nSPS) is 24.3. The van der Waals surface area contributed by atoms with Crippen molar-refractivity contribution < 1.29 is 9.59 Å². The number of amides is 2. The molecule has 0 aromatic heterocycles. The number of nitrogens with one attached hydrogen (secondary N) is 1. The Kier molecular flexibility index (Phi) is 7.67. The minimum Gasteiger partial charge on any atom is -0.352 e. The van der Waals surface area contributed by atoms with Crippen molar-refractivity contribution in [2.24, 2.45) is 11.8 Å². The second-order valence-corrected chi connectivity index (χ2v) is 8.92. The molecule has 2 amide bonds. The largest absolute Gasteiger partial charge is 0.352 e. The number of benzene rings is 1. The van der Waals surface area contributed by atoms with Crippen LogP contribution in [0.3, 0.4) is 0 Å². The van der Waals surface area contributed by atoms with Gasteiger partial charge in [0.1, 0.15) is 0 Å². The Hall–Kier alpha value is -1.92. The molecule has 2 fully saturated rings. The molecule has 1 aromatic carbocycles. The maximum atomic E-state index is 13.1. The first-order chi connectivity index (χ1) is 13.9. The van der Waals surface area contributed by atoms with Crippen LogP contribution in [0.15, 0.2) is 30.3 Å².